The van der Waals surface area contributed by atoms with Crippen molar-refractivity contribution in [3.8, 4) is 5.69 Å². The van der Waals surface area contributed by atoms with E-state index in [1.165, 1.54) is 16.7 Å². The van der Waals surface area contributed by atoms with Crippen molar-refractivity contribution in [3.63, 3.8) is 0 Å². The quantitative estimate of drug-likeness (QED) is 0.363. The Labute approximate surface area is 194 Å². The number of nitrogen functional groups attached to an aromatic ring is 1. The number of fused-ring (bicyclic) bond motifs is 2. The zero-order chi connectivity index (χ0) is 23.8. The van der Waals surface area contributed by atoms with Crippen LogP contribution in [0.3, 0.4) is 0 Å². The molecule has 3 heterocycles. The van der Waals surface area contributed by atoms with E-state index in [1.54, 1.807) is 37.5 Å². The van der Waals surface area contributed by atoms with Crippen molar-refractivity contribution in [1.29, 1.82) is 0 Å². The Bertz CT molecular complexity index is 1600. The first-order chi connectivity index (χ1) is 16.5. The van der Waals surface area contributed by atoms with E-state index in [-0.39, 0.29) is 11.5 Å². The molecule has 3 aromatic heterocycles. The van der Waals surface area contributed by atoms with Crippen molar-refractivity contribution in [2.24, 2.45) is 0 Å². The van der Waals surface area contributed by atoms with Crippen LogP contribution in [0.25, 0.3) is 27.5 Å². The summed E-state index contributed by atoms with van der Waals surface area (Å²) in [7, 11) is 1.76. The molecular formula is C25H22FN7O. The van der Waals surface area contributed by atoms with Crippen LogP contribution in [-0.4, -0.2) is 26.6 Å². The van der Waals surface area contributed by atoms with Gasteiger partial charge in [-0.1, -0.05) is 18.2 Å². The lowest BCUT2D eigenvalue weighted by atomic mass is 10.1. The standard InChI is InChI=1S/C25H22FN7O/c1-14(30-23-22-19(10-5-11-29-22)31-25(27)32-23)20-12-15-6-3-9-18(28-2)21(15)24(34)33(20)17-8-4-7-16(26)13-17/h3-14,28H,1-2H3,(H3,27,30,31,32)/t14-/m0/s1. The lowest BCUT2D eigenvalue weighted by Crippen LogP contribution is -2.26. The lowest BCUT2D eigenvalue weighted by Gasteiger charge is -2.22. The second-order valence-electron chi connectivity index (χ2n) is 7.88. The molecule has 0 aliphatic carbocycles. The van der Waals surface area contributed by atoms with Crippen LogP contribution in [0, 0.1) is 5.82 Å². The summed E-state index contributed by atoms with van der Waals surface area (Å²) >= 11 is 0. The van der Waals surface area contributed by atoms with Crippen LogP contribution in [-0.2, 0) is 0 Å². The van der Waals surface area contributed by atoms with Gasteiger partial charge in [-0.2, -0.15) is 4.98 Å². The van der Waals surface area contributed by atoms with Crippen LogP contribution >= 0.6 is 0 Å². The fourth-order valence-electron chi connectivity index (χ4n) is 4.16. The van der Waals surface area contributed by atoms with E-state index < -0.39 is 11.9 Å². The van der Waals surface area contributed by atoms with Crippen molar-refractivity contribution in [2.45, 2.75) is 13.0 Å². The number of anilines is 3. The van der Waals surface area contributed by atoms with Gasteiger partial charge in [0.05, 0.1) is 22.6 Å². The number of benzene rings is 2. The first-order valence-corrected chi connectivity index (χ1v) is 10.7. The maximum atomic E-state index is 14.2. The maximum absolute atomic E-state index is 14.2. The Kier molecular flexibility index (Phi) is 5.29. The zero-order valence-electron chi connectivity index (χ0n) is 18.6. The molecule has 5 rings (SSSR count). The Morgan fingerprint density at radius 1 is 1.06 bits per heavy atom. The predicted octanol–water partition coefficient (Wildman–Crippen LogP) is 4.27. The fourth-order valence-corrected chi connectivity index (χ4v) is 4.16. The monoisotopic (exact) mass is 455 g/mol. The molecule has 9 heteroatoms. The van der Waals surface area contributed by atoms with Crippen LogP contribution < -0.4 is 21.9 Å². The predicted molar refractivity (Wildman–Crippen MR) is 133 cm³/mol. The van der Waals surface area contributed by atoms with Gasteiger partial charge in [-0.15, -0.1) is 0 Å². The molecule has 0 unspecified atom stereocenters. The summed E-state index contributed by atoms with van der Waals surface area (Å²) < 4.78 is 15.7. The van der Waals surface area contributed by atoms with Gasteiger partial charge in [0.25, 0.3) is 5.56 Å². The third-order valence-electron chi connectivity index (χ3n) is 5.68. The molecule has 0 saturated carbocycles. The molecule has 4 N–H and O–H groups in total. The molecule has 34 heavy (non-hydrogen) atoms. The molecule has 0 spiro atoms. The minimum Gasteiger partial charge on any atom is -0.387 e. The van der Waals surface area contributed by atoms with Gasteiger partial charge in [0.1, 0.15) is 11.3 Å². The molecule has 0 radical (unpaired) electrons. The average molecular weight is 455 g/mol. The van der Waals surface area contributed by atoms with Crippen LogP contribution in [0.1, 0.15) is 18.7 Å². The van der Waals surface area contributed by atoms with E-state index in [1.807, 2.05) is 31.2 Å². The Hall–Kier alpha value is -4.53. The van der Waals surface area contributed by atoms with Crippen molar-refractivity contribution in [1.82, 2.24) is 19.5 Å². The van der Waals surface area contributed by atoms with Crippen LogP contribution in [0.4, 0.5) is 21.8 Å². The molecule has 1 atom stereocenters. The topological polar surface area (TPSA) is 111 Å². The molecular weight excluding hydrogens is 433 g/mol. The number of nitrogens with zero attached hydrogens (tertiary/aromatic N) is 4. The summed E-state index contributed by atoms with van der Waals surface area (Å²) in [5.41, 5.74) is 8.55. The van der Waals surface area contributed by atoms with Crippen molar-refractivity contribution >= 4 is 39.3 Å². The molecule has 0 bridgehead atoms. The summed E-state index contributed by atoms with van der Waals surface area (Å²) in [5, 5.41) is 7.68. The molecule has 170 valence electrons. The number of nitrogens with two attached hydrogens (primary N) is 1. The number of nitrogens with one attached hydrogen (secondary N) is 2. The smallest absolute Gasteiger partial charge is 0.265 e. The molecule has 2 aromatic carbocycles. The first-order valence-electron chi connectivity index (χ1n) is 10.7. The van der Waals surface area contributed by atoms with Gasteiger partial charge < -0.3 is 16.4 Å². The first kappa shape index (κ1) is 21.3. The SMILES string of the molecule is CNc1cccc2cc([C@H](C)Nc3nc(N)nc4cccnc34)n(-c3cccc(F)c3)c(=O)c12. The van der Waals surface area contributed by atoms with Crippen molar-refractivity contribution in [3.05, 3.63) is 88.7 Å². The molecule has 0 saturated heterocycles. The van der Waals surface area contributed by atoms with Gasteiger partial charge in [0, 0.05) is 24.6 Å². The van der Waals surface area contributed by atoms with Gasteiger partial charge >= 0.3 is 0 Å². The van der Waals surface area contributed by atoms with Gasteiger partial charge in [-0.05, 0) is 54.8 Å². The Morgan fingerprint density at radius 3 is 2.68 bits per heavy atom. The molecule has 8 nitrogen and oxygen atoms in total. The highest BCUT2D eigenvalue weighted by Gasteiger charge is 2.20. The highest BCUT2D eigenvalue weighted by atomic mass is 19.1. The third-order valence-corrected chi connectivity index (χ3v) is 5.68. The van der Waals surface area contributed by atoms with Crippen molar-refractivity contribution < 1.29 is 4.39 Å². The number of rotatable bonds is 5. The van der Waals surface area contributed by atoms with Gasteiger partial charge in [-0.25, -0.2) is 9.37 Å². The van der Waals surface area contributed by atoms with Crippen LogP contribution in [0.15, 0.2) is 71.7 Å². The minimum atomic E-state index is -0.434. The van der Waals surface area contributed by atoms with E-state index in [2.05, 4.69) is 25.6 Å². The number of pyridine rings is 2. The van der Waals surface area contributed by atoms with Crippen LogP contribution in [0.5, 0.6) is 0 Å². The van der Waals surface area contributed by atoms with Crippen LogP contribution in [0.2, 0.25) is 0 Å². The van der Waals surface area contributed by atoms with E-state index in [9.17, 15) is 9.18 Å². The van der Waals surface area contributed by atoms with E-state index in [0.29, 0.717) is 39.3 Å². The molecule has 0 aliphatic rings. The summed E-state index contributed by atoms with van der Waals surface area (Å²) in [6, 6.07) is 16.6. The second kappa shape index (κ2) is 8.43. The van der Waals surface area contributed by atoms with Gasteiger partial charge in [-0.3, -0.25) is 14.3 Å². The highest BCUT2D eigenvalue weighted by molar-refractivity contribution is 5.94. The summed E-state index contributed by atoms with van der Waals surface area (Å²) in [4.78, 5) is 26.7. The molecule has 0 amide bonds. The molecule has 5 aromatic rings. The highest BCUT2D eigenvalue weighted by Crippen LogP contribution is 2.28. The van der Waals surface area contributed by atoms with E-state index in [0.717, 1.165) is 5.39 Å². The van der Waals surface area contributed by atoms with Crippen molar-refractivity contribution in [2.75, 3.05) is 23.4 Å². The summed E-state index contributed by atoms with van der Waals surface area (Å²) in [5.74, 6) is 0.115. The third kappa shape index (κ3) is 3.66. The number of hydrogen-bond donors (Lipinski definition) is 3. The number of halogens is 1. The average Bonchev–Trinajstić information content (AvgIpc) is 2.83. The van der Waals surface area contributed by atoms with Gasteiger partial charge in [0.15, 0.2) is 5.82 Å². The van der Waals surface area contributed by atoms with E-state index in [4.69, 9.17) is 5.73 Å². The Balaban J connectivity index is 1.73. The largest absolute Gasteiger partial charge is 0.387 e. The second-order valence-corrected chi connectivity index (χ2v) is 7.88. The molecule has 0 aliphatic heterocycles. The fraction of sp³-hybridized carbons (Fsp3) is 0.120. The molecule has 0 fully saturated rings. The Morgan fingerprint density at radius 2 is 1.88 bits per heavy atom. The lowest BCUT2D eigenvalue weighted by molar-refractivity contribution is 0.625. The van der Waals surface area contributed by atoms with Gasteiger partial charge in [0.2, 0.25) is 5.95 Å². The maximum Gasteiger partial charge on any atom is 0.265 e. The minimum absolute atomic E-state index is 0.106. The van der Waals surface area contributed by atoms with E-state index >= 15 is 0 Å². The summed E-state index contributed by atoms with van der Waals surface area (Å²) in [6.45, 7) is 1.89. The summed E-state index contributed by atoms with van der Waals surface area (Å²) in [6.07, 6.45) is 1.65. The normalized spacial score (nSPS) is 12.1. The number of aromatic nitrogens is 4. The zero-order valence-corrected chi connectivity index (χ0v) is 18.6. The number of hydrogen-bond acceptors (Lipinski definition) is 7.